The molecule has 1 aromatic carbocycles. The molecule has 0 aliphatic heterocycles. The molecule has 0 spiro atoms. The van der Waals surface area contributed by atoms with Gasteiger partial charge in [0.25, 0.3) is 0 Å². The quantitative estimate of drug-likeness (QED) is 0.447. The summed E-state index contributed by atoms with van der Waals surface area (Å²) in [7, 11) is 3.36. The largest absolute Gasteiger partial charge is 0.444 e. The molecule has 3 N–H and O–H groups in total. The van der Waals surface area contributed by atoms with Crippen molar-refractivity contribution < 1.29 is 14.3 Å². The minimum atomic E-state index is -0.496. The minimum absolute atomic E-state index is 0.337. The molecule has 0 aliphatic carbocycles. The van der Waals surface area contributed by atoms with Gasteiger partial charge in [0.05, 0.1) is 13.2 Å². The summed E-state index contributed by atoms with van der Waals surface area (Å²) >= 11 is 0. The average molecular weight is 350 g/mol. The number of nitrogens with zero attached hydrogens (tertiary/aromatic N) is 2. The fraction of sp³-hybridized carbons (Fsp3) is 0.556. The van der Waals surface area contributed by atoms with E-state index in [2.05, 4.69) is 10.3 Å². The van der Waals surface area contributed by atoms with Crippen molar-refractivity contribution in [2.45, 2.75) is 39.5 Å². The van der Waals surface area contributed by atoms with Gasteiger partial charge in [-0.3, -0.25) is 0 Å². The van der Waals surface area contributed by atoms with Crippen LogP contribution in [-0.2, 0) is 22.6 Å². The van der Waals surface area contributed by atoms with Crippen LogP contribution in [0.25, 0.3) is 0 Å². The van der Waals surface area contributed by atoms with E-state index in [9.17, 15) is 4.79 Å². The van der Waals surface area contributed by atoms with Gasteiger partial charge in [0, 0.05) is 27.2 Å². The topological polar surface area (TPSA) is 89.2 Å². The molecule has 0 radical (unpaired) electrons. The number of methoxy groups -OCH3 is 1. The van der Waals surface area contributed by atoms with E-state index < -0.39 is 5.60 Å². The Hall–Kier alpha value is -2.28. The third kappa shape index (κ3) is 8.95. The van der Waals surface area contributed by atoms with Gasteiger partial charge in [0.2, 0.25) is 0 Å². The van der Waals surface area contributed by atoms with Crippen molar-refractivity contribution in [1.82, 2.24) is 10.2 Å². The highest BCUT2D eigenvalue weighted by Crippen LogP contribution is 2.12. The normalized spacial score (nSPS) is 12.0. The highest BCUT2D eigenvalue weighted by molar-refractivity contribution is 5.77. The summed E-state index contributed by atoms with van der Waals surface area (Å²) in [6.07, 6.45) is -0.337. The molecule has 0 bridgehead atoms. The van der Waals surface area contributed by atoms with Crippen LogP contribution in [0.5, 0.6) is 0 Å². The molecule has 0 fully saturated rings. The van der Waals surface area contributed by atoms with Gasteiger partial charge in [-0.2, -0.15) is 0 Å². The van der Waals surface area contributed by atoms with Gasteiger partial charge in [0.1, 0.15) is 5.60 Å². The molecule has 140 valence electrons. The van der Waals surface area contributed by atoms with Gasteiger partial charge in [-0.1, -0.05) is 24.3 Å². The standard InChI is InChI=1S/C18H30N4O3/c1-18(2,3)25-17(23)22(4)13-15-8-6-14(7-9-15)12-21-16(19)20-10-11-24-5/h6-9H,10-13H2,1-5H3,(H3,19,20,21). The van der Waals surface area contributed by atoms with Crippen molar-refractivity contribution >= 4 is 12.1 Å². The number of rotatable bonds is 7. The summed E-state index contributed by atoms with van der Waals surface area (Å²) in [4.78, 5) is 17.8. The van der Waals surface area contributed by atoms with Crippen LogP contribution < -0.4 is 11.1 Å². The van der Waals surface area contributed by atoms with Crippen LogP contribution in [0.4, 0.5) is 4.79 Å². The van der Waals surface area contributed by atoms with E-state index in [4.69, 9.17) is 15.2 Å². The number of hydrogen-bond donors (Lipinski definition) is 2. The summed E-state index contributed by atoms with van der Waals surface area (Å²) in [5.74, 6) is 0.394. The van der Waals surface area contributed by atoms with E-state index in [0.717, 1.165) is 11.1 Å². The van der Waals surface area contributed by atoms with Crippen LogP contribution in [0.1, 0.15) is 31.9 Å². The first-order valence-corrected chi connectivity index (χ1v) is 8.26. The lowest BCUT2D eigenvalue weighted by Crippen LogP contribution is -2.34. The van der Waals surface area contributed by atoms with Crippen LogP contribution in [-0.4, -0.2) is 49.9 Å². The van der Waals surface area contributed by atoms with Crippen LogP contribution in [0, 0.1) is 0 Å². The van der Waals surface area contributed by atoms with Gasteiger partial charge in [-0.05, 0) is 31.9 Å². The zero-order valence-electron chi connectivity index (χ0n) is 15.8. The van der Waals surface area contributed by atoms with E-state index in [1.165, 1.54) is 0 Å². The van der Waals surface area contributed by atoms with Crippen molar-refractivity contribution in [3.05, 3.63) is 35.4 Å². The predicted molar refractivity (Wildman–Crippen MR) is 99.3 cm³/mol. The number of nitrogens with two attached hydrogens (primary N) is 1. The highest BCUT2D eigenvalue weighted by Gasteiger charge is 2.19. The van der Waals surface area contributed by atoms with E-state index in [0.29, 0.717) is 32.2 Å². The number of guanidine groups is 1. The number of hydrogen-bond acceptors (Lipinski definition) is 4. The van der Waals surface area contributed by atoms with Gasteiger partial charge in [-0.25, -0.2) is 9.79 Å². The van der Waals surface area contributed by atoms with Crippen molar-refractivity contribution in [2.24, 2.45) is 10.7 Å². The van der Waals surface area contributed by atoms with Crippen LogP contribution >= 0.6 is 0 Å². The van der Waals surface area contributed by atoms with E-state index in [-0.39, 0.29) is 6.09 Å². The molecule has 0 atom stereocenters. The number of aliphatic imine (C=N–C) groups is 1. The summed E-state index contributed by atoms with van der Waals surface area (Å²) in [5, 5.41) is 2.97. The predicted octanol–water partition coefficient (Wildman–Crippen LogP) is 2.10. The molecule has 0 saturated heterocycles. The number of carbonyl (C=O) groups is 1. The van der Waals surface area contributed by atoms with E-state index in [1.807, 2.05) is 45.0 Å². The average Bonchev–Trinajstić information content (AvgIpc) is 2.53. The van der Waals surface area contributed by atoms with Crippen LogP contribution in [0.15, 0.2) is 29.3 Å². The minimum Gasteiger partial charge on any atom is -0.444 e. The highest BCUT2D eigenvalue weighted by atomic mass is 16.6. The lowest BCUT2D eigenvalue weighted by atomic mass is 10.1. The lowest BCUT2D eigenvalue weighted by Gasteiger charge is -2.24. The summed E-state index contributed by atoms with van der Waals surface area (Å²) < 4.78 is 10.3. The maximum absolute atomic E-state index is 12.0. The first-order valence-electron chi connectivity index (χ1n) is 8.26. The molecule has 0 heterocycles. The van der Waals surface area contributed by atoms with E-state index >= 15 is 0 Å². The van der Waals surface area contributed by atoms with Crippen LogP contribution in [0.3, 0.4) is 0 Å². The Balaban J connectivity index is 2.50. The second kappa shape index (κ2) is 9.88. The molecule has 0 aromatic heterocycles. The third-order valence-electron chi connectivity index (χ3n) is 3.19. The molecule has 1 aromatic rings. The SMILES string of the molecule is COCCNC(N)=NCc1ccc(CN(C)C(=O)OC(C)(C)C)cc1. The molecule has 1 rings (SSSR count). The third-order valence-corrected chi connectivity index (χ3v) is 3.19. The number of nitrogens with one attached hydrogen (secondary N) is 1. The summed E-state index contributed by atoms with van der Waals surface area (Å²) in [6, 6.07) is 7.90. The molecular weight excluding hydrogens is 320 g/mol. The molecular formula is C18H30N4O3. The van der Waals surface area contributed by atoms with Crippen molar-refractivity contribution in [1.29, 1.82) is 0 Å². The fourth-order valence-electron chi connectivity index (χ4n) is 1.94. The Bertz CT molecular complexity index is 565. The maximum Gasteiger partial charge on any atom is 0.410 e. The number of ether oxygens (including phenoxy) is 2. The van der Waals surface area contributed by atoms with Gasteiger partial charge in [0.15, 0.2) is 5.96 Å². The zero-order chi connectivity index (χ0) is 18.9. The molecule has 25 heavy (non-hydrogen) atoms. The van der Waals surface area contributed by atoms with E-state index in [1.54, 1.807) is 19.1 Å². The van der Waals surface area contributed by atoms with Gasteiger partial charge < -0.3 is 25.4 Å². The first-order chi connectivity index (χ1) is 11.7. The Labute approximate surface area is 150 Å². The van der Waals surface area contributed by atoms with Gasteiger partial charge >= 0.3 is 6.09 Å². The summed E-state index contributed by atoms with van der Waals surface area (Å²) in [5.41, 5.74) is 7.33. The second-order valence-corrected chi connectivity index (χ2v) is 6.77. The van der Waals surface area contributed by atoms with Crippen LogP contribution in [0.2, 0.25) is 0 Å². The molecule has 1 amide bonds. The second-order valence-electron chi connectivity index (χ2n) is 6.77. The fourth-order valence-corrected chi connectivity index (χ4v) is 1.94. The van der Waals surface area contributed by atoms with Gasteiger partial charge in [-0.15, -0.1) is 0 Å². The summed E-state index contributed by atoms with van der Waals surface area (Å²) in [6.45, 7) is 7.74. The maximum atomic E-state index is 12.0. The zero-order valence-corrected chi connectivity index (χ0v) is 15.8. The number of benzene rings is 1. The molecule has 0 saturated carbocycles. The van der Waals surface area contributed by atoms with Crippen molar-refractivity contribution in [3.63, 3.8) is 0 Å². The van der Waals surface area contributed by atoms with Crippen molar-refractivity contribution in [3.8, 4) is 0 Å². The monoisotopic (exact) mass is 350 g/mol. The number of amides is 1. The Morgan fingerprint density at radius 1 is 1.24 bits per heavy atom. The molecule has 0 aliphatic rings. The lowest BCUT2D eigenvalue weighted by molar-refractivity contribution is 0.0285. The Kier molecular flexibility index (Phi) is 8.21. The first kappa shape index (κ1) is 20.8. The Morgan fingerprint density at radius 3 is 2.40 bits per heavy atom. The Morgan fingerprint density at radius 2 is 1.84 bits per heavy atom. The number of carbonyl (C=O) groups excluding carboxylic acids is 1. The van der Waals surface area contributed by atoms with Crippen molar-refractivity contribution in [2.75, 3.05) is 27.3 Å². The molecule has 7 nitrogen and oxygen atoms in total. The molecule has 7 heteroatoms. The smallest absolute Gasteiger partial charge is 0.410 e. The molecule has 0 unspecified atom stereocenters.